The van der Waals surface area contributed by atoms with Crippen LogP contribution in [0.1, 0.15) is 31.8 Å². The standard InChI is InChI=1S/C7H4Br2F2.C7H5BrF2O.C7H3BrF2O.C7H4F2O/c8-3-4-1-5(9)2-6(10)7(4)11;2*8-5-1-4(3-11)7(10)6(9)2-5;8-6-3-1-2-5(4-10)7(6)9/h1-2H,3H2;1-2,11H,3H2;1-3H;1-4H. The number of rotatable bonds is 4. The number of aldehydes is 2. The summed E-state index contributed by atoms with van der Waals surface area (Å²) in [5.41, 5.74) is -0.259. The highest BCUT2D eigenvalue weighted by molar-refractivity contribution is 9.11. The van der Waals surface area contributed by atoms with E-state index in [0.717, 1.165) is 24.3 Å². The Bertz CT molecular complexity index is 1510. The summed E-state index contributed by atoms with van der Waals surface area (Å²) in [6, 6.07) is 10.6. The van der Waals surface area contributed by atoms with E-state index in [-0.39, 0.29) is 29.3 Å². The van der Waals surface area contributed by atoms with Crippen LogP contribution in [-0.4, -0.2) is 17.7 Å². The van der Waals surface area contributed by atoms with Gasteiger partial charge in [-0.05, 0) is 48.5 Å². The van der Waals surface area contributed by atoms with Crippen molar-refractivity contribution in [2.24, 2.45) is 0 Å². The van der Waals surface area contributed by atoms with E-state index in [1.54, 1.807) is 0 Å². The number of carbonyl (C=O) groups is 2. The summed E-state index contributed by atoms with van der Waals surface area (Å²) in [4.78, 5) is 20.1. The first-order chi connectivity index (χ1) is 20.2. The molecule has 1 N–H and O–H groups in total. The molecule has 0 unspecified atom stereocenters. The molecule has 4 rings (SSSR count). The summed E-state index contributed by atoms with van der Waals surface area (Å²) in [5, 5.41) is 8.85. The molecular weight excluding hydrogens is 856 g/mol. The normalized spacial score (nSPS) is 9.88. The molecule has 0 heterocycles. The lowest BCUT2D eigenvalue weighted by Gasteiger charge is -2.00. The van der Waals surface area contributed by atoms with E-state index in [9.17, 15) is 44.7 Å². The van der Waals surface area contributed by atoms with Crippen LogP contribution < -0.4 is 0 Å². The average Bonchev–Trinajstić information content (AvgIpc) is 2.97. The van der Waals surface area contributed by atoms with Crippen LogP contribution in [0.5, 0.6) is 0 Å². The fraction of sp³-hybridized carbons (Fsp3) is 0.0714. The SMILES string of the molecule is Fc1cc(Br)cc(CBr)c1F.O=Cc1cc(Br)cc(F)c1F.O=Cc1cccc(F)c1F.OCc1cc(Br)cc(F)c1F. The van der Waals surface area contributed by atoms with Crippen molar-refractivity contribution in [3.63, 3.8) is 0 Å². The second-order valence-corrected chi connectivity index (χ2v) is 11.0. The van der Waals surface area contributed by atoms with Crippen molar-refractivity contribution in [1.29, 1.82) is 0 Å². The number of hydrogen-bond donors (Lipinski definition) is 1. The second kappa shape index (κ2) is 19.0. The van der Waals surface area contributed by atoms with E-state index in [4.69, 9.17) is 5.11 Å². The van der Waals surface area contributed by atoms with Crippen LogP contribution in [0.4, 0.5) is 35.1 Å². The van der Waals surface area contributed by atoms with E-state index in [0.29, 0.717) is 24.3 Å². The monoisotopic (exact) mass is 868 g/mol. The van der Waals surface area contributed by atoms with Crippen molar-refractivity contribution in [3.8, 4) is 0 Å². The van der Waals surface area contributed by atoms with Crippen molar-refractivity contribution < 1.29 is 49.8 Å². The molecule has 0 fully saturated rings. The highest BCUT2D eigenvalue weighted by atomic mass is 79.9. The second-order valence-electron chi connectivity index (χ2n) is 7.68. The predicted octanol–water partition coefficient (Wildman–Crippen LogP) is 10.2. The number of carbonyl (C=O) groups excluding carboxylic acids is 2. The molecule has 4 aromatic rings. The minimum absolute atomic E-state index is 0.0446. The van der Waals surface area contributed by atoms with Gasteiger partial charge in [0.25, 0.3) is 0 Å². The Morgan fingerprint density at radius 2 is 0.977 bits per heavy atom. The molecule has 0 bridgehead atoms. The Labute approximate surface area is 273 Å². The van der Waals surface area contributed by atoms with E-state index < -0.39 is 53.1 Å². The Hall–Kier alpha value is -2.46. The van der Waals surface area contributed by atoms with Gasteiger partial charge < -0.3 is 5.11 Å². The maximum absolute atomic E-state index is 12.8. The first-order valence-electron chi connectivity index (χ1n) is 11.1. The van der Waals surface area contributed by atoms with Gasteiger partial charge in [0.2, 0.25) is 0 Å². The fourth-order valence-corrected chi connectivity index (χ4v) is 4.51. The Morgan fingerprint density at radius 1 is 0.558 bits per heavy atom. The van der Waals surface area contributed by atoms with Gasteiger partial charge >= 0.3 is 0 Å². The van der Waals surface area contributed by atoms with Crippen LogP contribution in [0.15, 0.2) is 68.0 Å². The van der Waals surface area contributed by atoms with Gasteiger partial charge in [-0.2, -0.15) is 0 Å². The molecule has 3 nitrogen and oxygen atoms in total. The number of aliphatic hydroxyl groups excluding tert-OH is 1. The topological polar surface area (TPSA) is 54.4 Å². The van der Waals surface area contributed by atoms with Crippen LogP contribution in [0, 0.1) is 46.5 Å². The third kappa shape index (κ3) is 12.2. The van der Waals surface area contributed by atoms with Gasteiger partial charge in [-0.1, -0.05) is 69.8 Å². The molecular formula is C28H16Br4F8O3. The van der Waals surface area contributed by atoms with E-state index in [2.05, 4.69) is 63.7 Å². The lowest BCUT2D eigenvalue weighted by Crippen LogP contribution is -1.93. The Kier molecular flexibility index (Phi) is 17.1. The molecule has 0 atom stereocenters. The largest absolute Gasteiger partial charge is 0.392 e. The molecule has 43 heavy (non-hydrogen) atoms. The minimum Gasteiger partial charge on any atom is -0.392 e. The summed E-state index contributed by atoms with van der Waals surface area (Å²) in [5.74, 6) is -7.77. The summed E-state index contributed by atoms with van der Waals surface area (Å²) in [6.07, 6.45) is 0.543. The molecule has 0 spiro atoms. The lowest BCUT2D eigenvalue weighted by molar-refractivity contribution is 0.111. The van der Waals surface area contributed by atoms with Crippen molar-refractivity contribution in [2.45, 2.75) is 11.9 Å². The van der Waals surface area contributed by atoms with Gasteiger partial charge in [-0.3, -0.25) is 9.59 Å². The third-order valence-electron chi connectivity index (χ3n) is 4.71. The van der Waals surface area contributed by atoms with Crippen LogP contribution >= 0.6 is 63.7 Å². The number of benzene rings is 4. The summed E-state index contributed by atoms with van der Waals surface area (Å²) >= 11 is 12.0. The molecule has 0 amide bonds. The number of alkyl halides is 1. The van der Waals surface area contributed by atoms with Gasteiger partial charge in [0.1, 0.15) is 0 Å². The maximum Gasteiger partial charge on any atom is 0.169 e. The van der Waals surface area contributed by atoms with Gasteiger partial charge in [0, 0.05) is 29.9 Å². The smallest absolute Gasteiger partial charge is 0.169 e. The van der Waals surface area contributed by atoms with Gasteiger partial charge in [0.05, 0.1) is 17.7 Å². The molecule has 230 valence electrons. The van der Waals surface area contributed by atoms with Crippen LogP contribution in [0.25, 0.3) is 0 Å². The molecule has 0 aliphatic carbocycles. The zero-order chi connectivity index (χ0) is 32.9. The fourth-order valence-electron chi connectivity index (χ4n) is 2.70. The number of hydrogen-bond acceptors (Lipinski definition) is 3. The Morgan fingerprint density at radius 3 is 1.42 bits per heavy atom. The first-order valence-corrected chi connectivity index (χ1v) is 14.6. The Balaban J connectivity index is 0.000000287. The van der Waals surface area contributed by atoms with Crippen LogP contribution in [-0.2, 0) is 11.9 Å². The van der Waals surface area contributed by atoms with E-state index in [1.165, 1.54) is 30.3 Å². The van der Waals surface area contributed by atoms with Crippen LogP contribution in [0.2, 0.25) is 0 Å². The first kappa shape index (κ1) is 38.6. The highest BCUT2D eigenvalue weighted by Gasteiger charge is 2.10. The van der Waals surface area contributed by atoms with Crippen molar-refractivity contribution in [2.75, 3.05) is 0 Å². The van der Waals surface area contributed by atoms with Crippen molar-refractivity contribution >= 4 is 76.3 Å². The van der Waals surface area contributed by atoms with Crippen molar-refractivity contribution in [1.82, 2.24) is 0 Å². The molecule has 15 heteroatoms. The van der Waals surface area contributed by atoms with E-state index in [1.807, 2.05) is 0 Å². The molecule has 0 aromatic heterocycles. The number of halogens is 12. The molecule has 4 aromatic carbocycles. The molecule has 0 saturated carbocycles. The number of aliphatic hydroxyl groups is 1. The highest BCUT2D eigenvalue weighted by Crippen LogP contribution is 2.21. The van der Waals surface area contributed by atoms with Crippen molar-refractivity contribution in [3.05, 3.63) is 137 Å². The van der Waals surface area contributed by atoms with E-state index >= 15 is 0 Å². The van der Waals surface area contributed by atoms with Crippen LogP contribution in [0.3, 0.4) is 0 Å². The average molecular weight is 872 g/mol. The van der Waals surface area contributed by atoms with Gasteiger partial charge in [0.15, 0.2) is 59.1 Å². The third-order valence-corrected chi connectivity index (χ3v) is 6.69. The summed E-state index contributed by atoms with van der Waals surface area (Å²) in [6.45, 7) is -0.498. The molecule has 0 radical (unpaired) electrons. The summed E-state index contributed by atoms with van der Waals surface area (Å²) < 4.78 is 101. The molecule has 0 aliphatic heterocycles. The zero-order valence-electron chi connectivity index (χ0n) is 21.1. The zero-order valence-corrected chi connectivity index (χ0v) is 27.4. The maximum atomic E-state index is 12.8. The quantitative estimate of drug-likeness (QED) is 0.0962. The summed E-state index contributed by atoms with van der Waals surface area (Å²) in [7, 11) is 0. The molecule has 0 saturated heterocycles. The predicted molar refractivity (Wildman–Crippen MR) is 158 cm³/mol. The lowest BCUT2D eigenvalue weighted by atomic mass is 10.2. The van der Waals surface area contributed by atoms with Gasteiger partial charge in [-0.25, -0.2) is 35.1 Å². The molecule has 0 aliphatic rings. The van der Waals surface area contributed by atoms with Gasteiger partial charge in [-0.15, -0.1) is 0 Å². The minimum atomic E-state index is -1.11.